The van der Waals surface area contributed by atoms with Crippen LogP contribution in [0.5, 0.6) is 0 Å². The number of aliphatic imine (C=N–C) groups is 1. The molecule has 1 aliphatic heterocycles. The van der Waals surface area contributed by atoms with Crippen LogP contribution < -0.4 is 10.2 Å². The number of carbonyl (C=O) groups is 2. The van der Waals surface area contributed by atoms with Crippen LogP contribution in [0.3, 0.4) is 0 Å². The van der Waals surface area contributed by atoms with Crippen LogP contribution in [0.25, 0.3) is 0 Å². The first-order chi connectivity index (χ1) is 12.5. The van der Waals surface area contributed by atoms with Crippen LogP contribution in [0, 0.1) is 0 Å². The molecule has 26 heavy (non-hydrogen) atoms. The summed E-state index contributed by atoms with van der Waals surface area (Å²) in [5.41, 5.74) is 1.88. The first kappa shape index (κ1) is 20.3. The minimum absolute atomic E-state index is 0.0308. The summed E-state index contributed by atoms with van der Waals surface area (Å²) in [4.78, 5) is 33.1. The van der Waals surface area contributed by atoms with E-state index in [2.05, 4.69) is 29.1 Å². The van der Waals surface area contributed by atoms with Crippen LogP contribution >= 0.6 is 11.8 Å². The second kappa shape index (κ2) is 9.62. The maximum atomic E-state index is 12.4. The van der Waals surface area contributed by atoms with Crippen LogP contribution in [-0.4, -0.2) is 53.3 Å². The van der Waals surface area contributed by atoms with Crippen LogP contribution in [0.15, 0.2) is 29.3 Å². The Bertz CT molecular complexity index is 656. The molecular formula is C19H28N4O2S. The summed E-state index contributed by atoms with van der Waals surface area (Å²) in [6, 6.07) is 7.81. The van der Waals surface area contributed by atoms with Gasteiger partial charge in [-0.3, -0.25) is 19.5 Å². The summed E-state index contributed by atoms with van der Waals surface area (Å²) in [5.74, 6) is -0.183. The SMILES string of the molecule is CCN=C1SC(CC(=O)Nc2ccc(N(CC)CC)cc2)C(=O)N1CC. The third kappa shape index (κ3) is 4.78. The van der Waals surface area contributed by atoms with E-state index in [0.717, 1.165) is 29.6 Å². The molecule has 1 saturated heterocycles. The molecular weight excluding hydrogens is 348 g/mol. The maximum absolute atomic E-state index is 12.4. The lowest BCUT2D eigenvalue weighted by molar-refractivity contribution is -0.128. The minimum atomic E-state index is -0.393. The Morgan fingerprint density at radius 1 is 1.19 bits per heavy atom. The Kier molecular flexibility index (Phi) is 7.50. The summed E-state index contributed by atoms with van der Waals surface area (Å²) in [6.07, 6.45) is 0.153. The van der Waals surface area contributed by atoms with Gasteiger partial charge < -0.3 is 10.2 Å². The van der Waals surface area contributed by atoms with Gasteiger partial charge in [0, 0.05) is 44.0 Å². The van der Waals surface area contributed by atoms with Crippen molar-refractivity contribution in [3.05, 3.63) is 24.3 Å². The lowest BCUT2D eigenvalue weighted by atomic mass is 10.2. The molecule has 2 amide bonds. The molecule has 142 valence electrons. The number of hydrogen-bond donors (Lipinski definition) is 1. The van der Waals surface area contributed by atoms with E-state index < -0.39 is 5.25 Å². The quantitative estimate of drug-likeness (QED) is 0.757. The first-order valence-corrected chi connectivity index (χ1v) is 10.1. The summed E-state index contributed by atoms with van der Waals surface area (Å²) < 4.78 is 0. The number of thioether (sulfide) groups is 1. The van der Waals surface area contributed by atoms with Crippen molar-refractivity contribution in [1.82, 2.24) is 4.90 Å². The predicted octanol–water partition coefficient (Wildman–Crippen LogP) is 3.20. The highest BCUT2D eigenvalue weighted by atomic mass is 32.2. The molecule has 7 heteroatoms. The fourth-order valence-electron chi connectivity index (χ4n) is 2.91. The maximum Gasteiger partial charge on any atom is 0.242 e. The van der Waals surface area contributed by atoms with E-state index >= 15 is 0 Å². The van der Waals surface area contributed by atoms with Crippen LogP contribution in [0.4, 0.5) is 11.4 Å². The van der Waals surface area contributed by atoms with Gasteiger partial charge in [0.1, 0.15) is 5.25 Å². The highest BCUT2D eigenvalue weighted by Gasteiger charge is 2.38. The normalized spacial score (nSPS) is 18.5. The average molecular weight is 377 g/mol. The molecule has 1 unspecified atom stereocenters. The van der Waals surface area contributed by atoms with E-state index in [-0.39, 0.29) is 18.2 Å². The number of benzene rings is 1. The second-order valence-corrected chi connectivity index (χ2v) is 7.09. The van der Waals surface area contributed by atoms with Crippen molar-refractivity contribution in [3.63, 3.8) is 0 Å². The minimum Gasteiger partial charge on any atom is -0.372 e. The number of amides is 2. The van der Waals surface area contributed by atoms with E-state index in [0.29, 0.717) is 13.1 Å². The molecule has 0 bridgehead atoms. The topological polar surface area (TPSA) is 65.0 Å². The van der Waals surface area contributed by atoms with Gasteiger partial charge in [-0.2, -0.15) is 0 Å². The highest BCUT2D eigenvalue weighted by Crippen LogP contribution is 2.29. The third-order valence-electron chi connectivity index (χ3n) is 4.28. The molecule has 2 rings (SSSR count). The van der Waals surface area contributed by atoms with Crippen molar-refractivity contribution in [3.8, 4) is 0 Å². The second-order valence-electron chi connectivity index (χ2n) is 5.92. The number of anilines is 2. The summed E-state index contributed by atoms with van der Waals surface area (Å²) in [6.45, 7) is 11.2. The van der Waals surface area contributed by atoms with Gasteiger partial charge in [-0.05, 0) is 52.0 Å². The van der Waals surface area contributed by atoms with Gasteiger partial charge in [-0.1, -0.05) is 11.8 Å². The Balaban J connectivity index is 1.96. The Morgan fingerprint density at radius 3 is 2.38 bits per heavy atom. The summed E-state index contributed by atoms with van der Waals surface area (Å²) in [5, 5.41) is 3.22. The fraction of sp³-hybridized carbons (Fsp3) is 0.526. The van der Waals surface area contributed by atoms with E-state index in [9.17, 15) is 9.59 Å². The van der Waals surface area contributed by atoms with E-state index in [1.54, 1.807) is 4.90 Å². The predicted molar refractivity (Wildman–Crippen MR) is 110 cm³/mol. The van der Waals surface area contributed by atoms with Crippen LogP contribution in [0.1, 0.15) is 34.1 Å². The molecule has 1 N–H and O–H groups in total. The van der Waals surface area contributed by atoms with Crippen molar-refractivity contribution < 1.29 is 9.59 Å². The molecule has 6 nitrogen and oxygen atoms in total. The van der Waals surface area contributed by atoms with Crippen LogP contribution in [0.2, 0.25) is 0 Å². The smallest absolute Gasteiger partial charge is 0.242 e. The van der Waals surface area contributed by atoms with Crippen molar-refractivity contribution in [2.45, 2.75) is 39.4 Å². The van der Waals surface area contributed by atoms with Gasteiger partial charge in [-0.25, -0.2) is 0 Å². The zero-order valence-electron chi connectivity index (χ0n) is 16.0. The number of nitrogens with zero attached hydrogens (tertiary/aromatic N) is 3. The summed E-state index contributed by atoms with van der Waals surface area (Å²) in [7, 11) is 0. The monoisotopic (exact) mass is 376 g/mol. The molecule has 0 spiro atoms. The van der Waals surface area contributed by atoms with Crippen molar-refractivity contribution in [2.75, 3.05) is 36.4 Å². The zero-order chi connectivity index (χ0) is 19.1. The Labute approximate surface area is 160 Å². The molecule has 1 aromatic rings. The van der Waals surface area contributed by atoms with Gasteiger partial charge in [0.05, 0.1) is 0 Å². The fourth-order valence-corrected chi connectivity index (χ4v) is 4.18. The van der Waals surface area contributed by atoms with E-state index in [4.69, 9.17) is 0 Å². The third-order valence-corrected chi connectivity index (χ3v) is 5.49. The molecule has 0 aliphatic carbocycles. The standard InChI is InChI=1S/C19H28N4O2S/c1-5-20-19-23(8-4)18(25)16(26-19)13-17(24)21-14-9-11-15(12-10-14)22(6-2)7-3/h9-12,16H,5-8,13H2,1-4H3,(H,21,24). The molecule has 1 atom stereocenters. The number of nitrogens with one attached hydrogen (secondary N) is 1. The number of amidine groups is 1. The van der Waals surface area contributed by atoms with Gasteiger partial charge in [0.15, 0.2) is 5.17 Å². The van der Waals surface area contributed by atoms with Gasteiger partial charge in [0.2, 0.25) is 11.8 Å². The number of carbonyl (C=O) groups excluding carboxylic acids is 2. The van der Waals surface area contributed by atoms with Gasteiger partial charge in [-0.15, -0.1) is 0 Å². The highest BCUT2D eigenvalue weighted by molar-refractivity contribution is 8.15. The van der Waals surface area contributed by atoms with Crippen molar-refractivity contribution in [2.24, 2.45) is 4.99 Å². The van der Waals surface area contributed by atoms with Crippen molar-refractivity contribution >= 4 is 40.1 Å². The molecule has 0 saturated carbocycles. The lowest BCUT2D eigenvalue weighted by Gasteiger charge is -2.21. The molecule has 1 fully saturated rings. The average Bonchev–Trinajstić information content (AvgIpc) is 2.92. The lowest BCUT2D eigenvalue weighted by Crippen LogP contribution is -2.33. The van der Waals surface area contributed by atoms with E-state index in [1.165, 1.54) is 11.8 Å². The molecule has 1 aliphatic rings. The number of hydrogen-bond acceptors (Lipinski definition) is 5. The zero-order valence-corrected chi connectivity index (χ0v) is 16.8. The molecule has 0 aromatic heterocycles. The molecule has 1 aromatic carbocycles. The first-order valence-electron chi connectivity index (χ1n) is 9.21. The van der Waals surface area contributed by atoms with Gasteiger partial charge in [0.25, 0.3) is 0 Å². The number of rotatable bonds is 8. The largest absolute Gasteiger partial charge is 0.372 e. The molecule has 1 heterocycles. The van der Waals surface area contributed by atoms with E-state index in [1.807, 2.05) is 38.1 Å². The van der Waals surface area contributed by atoms with Crippen LogP contribution in [-0.2, 0) is 9.59 Å². The van der Waals surface area contributed by atoms with Gasteiger partial charge >= 0.3 is 0 Å². The summed E-state index contributed by atoms with van der Waals surface area (Å²) >= 11 is 1.39. The molecule has 0 radical (unpaired) electrons. The Hall–Kier alpha value is -2.02. The van der Waals surface area contributed by atoms with Crippen molar-refractivity contribution in [1.29, 1.82) is 0 Å². The Morgan fingerprint density at radius 2 is 1.85 bits per heavy atom.